The van der Waals surface area contributed by atoms with Crippen molar-refractivity contribution < 1.29 is 35.9 Å². The van der Waals surface area contributed by atoms with E-state index in [0.29, 0.717) is 29.5 Å². The molecule has 0 radical (unpaired) electrons. The largest absolute Gasteiger partial charge is 0.439 e. The molecule has 0 unspecified atom stereocenters. The number of nitrogens with zero attached hydrogens (tertiary/aromatic N) is 3. The zero-order valence-electron chi connectivity index (χ0n) is 18.9. The van der Waals surface area contributed by atoms with Gasteiger partial charge in [-0.15, -0.1) is 0 Å². The molecule has 2 amide bonds. The number of halogens is 6. The Morgan fingerprint density at radius 2 is 1.38 bits per heavy atom. The second kappa shape index (κ2) is 9.84. The summed E-state index contributed by atoms with van der Waals surface area (Å²) in [5.41, 5.74) is -3.55. The zero-order valence-corrected chi connectivity index (χ0v) is 18.9. The molecule has 7 nitrogen and oxygen atoms in total. The number of anilines is 2. The number of urea groups is 1. The van der Waals surface area contributed by atoms with Gasteiger partial charge in [-0.3, -0.25) is 0 Å². The average Bonchev–Trinajstić information content (AvgIpc) is 3.34. The van der Waals surface area contributed by atoms with Gasteiger partial charge in [-0.05, 0) is 61.5 Å². The fourth-order valence-corrected chi connectivity index (χ4v) is 3.24. The molecule has 0 aliphatic heterocycles. The van der Waals surface area contributed by atoms with Gasteiger partial charge in [0.2, 0.25) is 5.88 Å². The lowest BCUT2D eigenvalue weighted by atomic mass is 10.1. The van der Waals surface area contributed by atoms with Gasteiger partial charge in [-0.2, -0.15) is 31.3 Å². The Morgan fingerprint density at radius 1 is 0.811 bits per heavy atom. The Bertz CT molecular complexity index is 1370. The molecule has 13 heteroatoms. The number of aromatic nitrogens is 3. The van der Waals surface area contributed by atoms with Crippen LogP contribution in [0, 0.1) is 6.92 Å². The highest BCUT2D eigenvalue weighted by molar-refractivity contribution is 5.99. The molecule has 192 valence electrons. The third kappa shape index (κ3) is 6.57. The predicted molar refractivity (Wildman–Crippen MR) is 122 cm³/mol. The number of amides is 2. The van der Waals surface area contributed by atoms with E-state index in [1.807, 2.05) is 17.4 Å². The standard InChI is InChI=1S/C24H17F6N5O2/c1-14-31-20(35-8-2-3-9-35)13-21(32-14)37-19-6-4-17(5-7-19)33-22(36)34-18-11-15(23(25,26)27)10-16(12-18)24(28,29)30/h2-13H,1H3,(H2,33,34,36). The first-order valence-corrected chi connectivity index (χ1v) is 10.5. The van der Waals surface area contributed by atoms with Crippen LogP contribution in [0.1, 0.15) is 17.0 Å². The second-order valence-corrected chi connectivity index (χ2v) is 7.70. The molecule has 0 spiro atoms. The molecule has 37 heavy (non-hydrogen) atoms. The maximum Gasteiger partial charge on any atom is 0.416 e. The van der Waals surface area contributed by atoms with Crippen molar-refractivity contribution in [2.75, 3.05) is 10.6 Å². The molecule has 0 bridgehead atoms. The number of carbonyl (C=O) groups is 1. The van der Waals surface area contributed by atoms with E-state index in [2.05, 4.69) is 15.3 Å². The van der Waals surface area contributed by atoms with Crippen LogP contribution >= 0.6 is 0 Å². The fourth-order valence-electron chi connectivity index (χ4n) is 3.24. The summed E-state index contributed by atoms with van der Waals surface area (Å²) in [4.78, 5) is 20.8. The third-order valence-electron chi connectivity index (χ3n) is 4.85. The molecule has 0 aliphatic rings. The lowest BCUT2D eigenvalue weighted by Gasteiger charge is -2.15. The van der Waals surface area contributed by atoms with E-state index in [-0.39, 0.29) is 17.6 Å². The number of hydrogen-bond acceptors (Lipinski definition) is 4. The van der Waals surface area contributed by atoms with Gasteiger partial charge in [0.05, 0.1) is 11.1 Å². The summed E-state index contributed by atoms with van der Waals surface area (Å²) >= 11 is 0. The second-order valence-electron chi connectivity index (χ2n) is 7.70. The first-order valence-electron chi connectivity index (χ1n) is 10.5. The molecule has 0 saturated carbocycles. The van der Waals surface area contributed by atoms with Crippen LogP contribution in [-0.2, 0) is 12.4 Å². The minimum Gasteiger partial charge on any atom is -0.439 e. The SMILES string of the molecule is Cc1nc(Oc2ccc(NC(=O)Nc3cc(C(F)(F)F)cc(C(F)(F)F)c3)cc2)cc(-n2cccc2)n1. The maximum atomic E-state index is 13.0. The molecule has 2 heterocycles. The van der Waals surface area contributed by atoms with Crippen molar-refractivity contribution in [1.82, 2.24) is 14.5 Å². The number of ether oxygens (including phenoxy) is 1. The van der Waals surface area contributed by atoms with Gasteiger partial charge in [0.1, 0.15) is 17.4 Å². The average molecular weight is 521 g/mol. The van der Waals surface area contributed by atoms with E-state index in [4.69, 9.17) is 4.74 Å². The van der Waals surface area contributed by atoms with Gasteiger partial charge in [0.25, 0.3) is 0 Å². The van der Waals surface area contributed by atoms with Crippen molar-refractivity contribution in [3.63, 3.8) is 0 Å². The first-order chi connectivity index (χ1) is 17.4. The van der Waals surface area contributed by atoms with E-state index >= 15 is 0 Å². The number of rotatable bonds is 5. The molecule has 2 aromatic carbocycles. The van der Waals surface area contributed by atoms with Gasteiger partial charge in [-0.1, -0.05) is 0 Å². The van der Waals surface area contributed by atoms with Crippen molar-refractivity contribution in [3.05, 3.63) is 90.0 Å². The van der Waals surface area contributed by atoms with Gasteiger partial charge >= 0.3 is 18.4 Å². The van der Waals surface area contributed by atoms with Crippen molar-refractivity contribution in [2.45, 2.75) is 19.3 Å². The summed E-state index contributed by atoms with van der Waals surface area (Å²) in [7, 11) is 0. The Kier molecular flexibility index (Phi) is 6.79. The molecule has 0 fully saturated rings. The minimum atomic E-state index is -5.03. The highest BCUT2D eigenvalue weighted by Crippen LogP contribution is 2.37. The van der Waals surface area contributed by atoms with E-state index < -0.39 is 35.2 Å². The van der Waals surface area contributed by atoms with Crippen LogP contribution in [0.15, 0.2) is 73.1 Å². The summed E-state index contributed by atoms with van der Waals surface area (Å²) in [6.07, 6.45) is -6.45. The number of hydrogen-bond donors (Lipinski definition) is 2. The molecule has 0 saturated heterocycles. The summed E-state index contributed by atoms with van der Waals surface area (Å²) in [5.74, 6) is 1.68. The van der Waals surface area contributed by atoms with E-state index in [9.17, 15) is 31.1 Å². The summed E-state index contributed by atoms with van der Waals surface area (Å²) < 4.78 is 85.6. The molecular weight excluding hydrogens is 504 g/mol. The van der Waals surface area contributed by atoms with E-state index in [1.165, 1.54) is 24.3 Å². The van der Waals surface area contributed by atoms with Gasteiger partial charge < -0.3 is 19.9 Å². The van der Waals surface area contributed by atoms with Crippen LogP contribution in [-0.4, -0.2) is 20.6 Å². The van der Waals surface area contributed by atoms with Crippen molar-refractivity contribution in [1.29, 1.82) is 0 Å². The predicted octanol–water partition coefficient (Wildman–Crippen LogP) is 7.05. The third-order valence-corrected chi connectivity index (χ3v) is 4.85. The molecular formula is C24H17F6N5O2. The first kappa shape index (κ1) is 25.5. The van der Waals surface area contributed by atoms with Crippen molar-refractivity contribution >= 4 is 17.4 Å². The quantitative estimate of drug-likeness (QED) is 0.276. The van der Waals surface area contributed by atoms with Crippen LogP contribution in [0.3, 0.4) is 0 Å². The van der Waals surface area contributed by atoms with Gasteiger partial charge in [-0.25, -0.2) is 9.78 Å². The number of nitrogens with one attached hydrogen (secondary N) is 2. The summed E-state index contributed by atoms with van der Waals surface area (Å²) in [5, 5.41) is 4.33. The summed E-state index contributed by atoms with van der Waals surface area (Å²) in [6.45, 7) is 1.70. The monoisotopic (exact) mass is 521 g/mol. The Morgan fingerprint density at radius 3 is 1.95 bits per heavy atom. The van der Waals surface area contributed by atoms with Gasteiger partial charge in [0, 0.05) is 29.8 Å². The summed E-state index contributed by atoms with van der Waals surface area (Å²) in [6, 6.07) is 10.9. The molecule has 2 N–H and O–H groups in total. The van der Waals surface area contributed by atoms with Crippen LogP contribution in [0.5, 0.6) is 11.6 Å². The number of alkyl halides is 6. The Balaban J connectivity index is 1.44. The Labute approximate surface area is 205 Å². The highest BCUT2D eigenvalue weighted by atomic mass is 19.4. The van der Waals surface area contributed by atoms with Crippen LogP contribution in [0.2, 0.25) is 0 Å². The lowest BCUT2D eigenvalue weighted by molar-refractivity contribution is -0.143. The lowest BCUT2D eigenvalue weighted by Crippen LogP contribution is -2.20. The molecule has 0 aliphatic carbocycles. The van der Waals surface area contributed by atoms with E-state index in [1.54, 1.807) is 30.0 Å². The topological polar surface area (TPSA) is 81.1 Å². The highest BCUT2D eigenvalue weighted by Gasteiger charge is 2.37. The van der Waals surface area contributed by atoms with Crippen molar-refractivity contribution in [2.24, 2.45) is 0 Å². The maximum absolute atomic E-state index is 13.0. The van der Waals surface area contributed by atoms with Crippen LogP contribution in [0.4, 0.5) is 42.5 Å². The van der Waals surface area contributed by atoms with Gasteiger partial charge in [0.15, 0.2) is 0 Å². The zero-order chi connectivity index (χ0) is 26.8. The molecule has 4 rings (SSSR count). The molecule has 2 aromatic heterocycles. The number of aryl methyl sites for hydroxylation is 1. The van der Waals surface area contributed by atoms with Crippen LogP contribution < -0.4 is 15.4 Å². The molecule has 0 atom stereocenters. The Hall–Kier alpha value is -4.55. The molecule has 4 aromatic rings. The normalized spacial score (nSPS) is 11.8. The number of benzene rings is 2. The van der Waals surface area contributed by atoms with Crippen molar-refractivity contribution in [3.8, 4) is 17.4 Å². The minimum absolute atomic E-state index is 0.0253. The van der Waals surface area contributed by atoms with Crippen LogP contribution in [0.25, 0.3) is 5.82 Å². The smallest absolute Gasteiger partial charge is 0.416 e. The van der Waals surface area contributed by atoms with E-state index in [0.717, 1.165) is 0 Å². The fraction of sp³-hybridized carbons (Fsp3) is 0.125. The number of carbonyl (C=O) groups excluding carboxylic acids is 1.